The molecule has 0 radical (unpaired) electrons. The number of rotatable bonds is 5. The molecular weight excluding hydrogens is 296 g/mol. The first-order valence-electron chi connectivity index (χ1n) is 5.40. The zero-order valence-electron chi connectivity index (χ0n) is 10.3. The maximum Gasteiger partial charge on any atom is 0.335 e. The van der Waals surface area contributed by atoms with Crippen molar-refractivity contribution < 1.29 is 31.9 Å². The fourth-order valence-electron chi connectivity index (χ4n) is 1.41. The molecule has 1 aromatic carbocycles. The van der Waals surface area contributed by atoms with Crippen LogP contribution in [-0.4, -0.2) is 37.7 Å². The van der Waals surface area contributed by atoms with Gasteiger partial charge in [-0.3, -0.25) is 4.79 Å². The van der Waals surface area contributed by atoms with Gasteiger partial charge in [0.25, 0.3) is 0 Å². The van der Waals surface area contributed by atoms with Crippen LogP contribution in [0.2, 0.25) is 0 Å². The highest BCUT2D eigenvalue weighted by molar-refractivity contribution is 7.92. The lowest BCUT2D eigenvalue weighted by atomic mass is 10.2. The van der Waals surface area contributed by atoms with Crippen molar-refractivity contribution in [1.82, 2.24) is 5.32 Å². The summed E-state index contributed by atoms with van der Waals surface area (Å²) in [5.41, 5.74) is -0.724. The van der Waals surface area contributed by atoms with E-state index in [0.29, 0.717) is 12.1 Å². The Morgan fingerprint density at radius 3 is 2.40 bits per heavy atom. The second-order valence-electron chi connectivity index (χ2n) is 3.79. The lowest BCUT2D eigenvalue weighted by Gasteiger charge is -2.07. The first-order valence-corrected chi connectivity index (χ1v) is 7.06. The van der Waals surface area contributed by atoms with Gasteiger partial charge in [-0.1, -0.05) is 0 Å². The summed E-state index contributed by atoms with van der Waals surface area (Å²) in [6.07, 6.45) is 0. The molecule has 6 nitrogen and oxygen atoms in total. The Kier molecular flexibility index (Phi) is 4.77. The van der Waals surface area contributed by atoms with E-state index in [2.05, 4.69) is 5.32 Å². The highest BCUT2D eigenvalue weighted by Gasteiger charge is 2.26. The molecule has 110 valence electrons. The van der Waals surface area contributed by atoms with Gasteiger partial charge in [0.2, 0.25) is 5.91 Å². The van der Waals surface area contributed by atoms with Crippen molar-refractivity contribution in [3.8, 4) is 0 Å². The molecule has 0 atom stereocenters. The number of amides is 1. The summed E-state index contributed by atoms with van der Waals surface area (Å²) in [5, 5.41) is 10.9. The van der Waals surface area contributed by atoms with E-state index >= 15 is 0 Å². The quantitative estimate of drug-likeness (QED) is 0.828. The summed E-state index contributed by atoms with van der Waals surface area (Å²) >= 11 is 0. The molecule has 0 aliphatic rings. The van der Waals surface area contributed by atoms with Crippen molar-refractivity contribution in [1.29, 1.82) is 0 Å². The van der Waals surface area contributed by atoms with Gasteiger partial charge in [-0.2, -0.15) is 0 Å². The van der Waals surface area contributed by atoms with E-state index in [0.717, 1.165) is 0 Å². The number of carboxylic acid groups (broad SMARTS) is 1. The first kappa shape index (κ1) is 16.0. The molecule has 1 rings (SSSR count). The van der Waals surface area contributed by atoms with Crippen molar-refractivity contribution in [2.45, 2.75) is 11.8 Å². The monoisotopic (exact) mass is 307 g/mol. The standard InChI is InChI=1S/C11H11F2NO5S/c1-2-14-9(15)5-20(18,19)8-4-6(11(16)17)3-7(12)10(8)13/h3-4H,2,5H2,1H3,(H,14,15)(H,16,17). The molecule has 2 N–H and O–H groups in total. The van der Waals surface area contributed by atoms with Gasteiger partial charge in [0.05, 0.1) is 5.56 Å². The van der Waals surface area contributed by atoms with Crippen LogP contribution in [0.25, 0.3) is 0 Å². The van der Waals surface area contributed by atoms with Crippen molar-refractivity contribution >= 4 is 21.7 Å². The molecule has 0 bridgehead atoms. The first-order chi connectivity index (χ1) is 9.19. The molecule has 0 unspecified atom stereocenters. The Morgan fingerprint density at radius 1 is 1.30 bits per heavy atom. The number of benzene rings is 1. The fourth-order valence-corrected chi connectivity index (χ4v) is 2.69. The molecule has 0 saturated carbocycles. The minimum Gasteiger partial charge on any atom is -0.478 e. The third-order valence-electron chi connectivity index (χ3n) is 2.27. The van der Waals surface area contributed by atoms with Gasteiger partial charge < -0.3 is 10.4 Å². The van der Waals surface area contributed by atoms with Gasteiger partial charge in [-0.05, 0) is 19.1 Å². The van der Waals surface area contributed by atoms with Crippen LogP contribution in [0.4, 0.5) is 8.78 Å². The van der Waals surface area contributed by atoms with Crippen molar-refractivity contribution in [3.63, 3.8) is 0 Å². The molecule has 20 heavy (non-hydrogen) atoms. The van der Waals surface area contributed by atoms with E-state index < -0.39 is 49.6 Å². The van der Waals surface area contributed by atoms with Gasteiger partial charge in [0.1, 0.15) is 10.6 Å². The summed E-state index contributed by atoms with van der Waals surface area (Å²) in [6.45, 7) is 1.72. The molecule has 0 saturated heterocycles. The number of carbonyl (C=O) groups is 2. The average molecular weight is 307 g/mol. The van der Waals surface area contributed by atoms with Crippen LogP contribution < -0.4 is 5.32 Å². The lowest BCUT2D eigenvalue weighted by Crippen LogP contribution is -2.30. The van der Waals surface area contributed by atoms with Gasteiger partial charge >= 0.3 is 5.97 Å². The highest BCUT2D eigenvalue weighted by atomic mass is 32.2. The van der Waals surface area contributed by atoms with Crippen molar-refractivity contribution in [2.24, 2.45) is 0 Å². The van der Waals surface area contributed by atoms with E-state index in [1.165, 1.54) is 0 Å². The summed E-state index contributed by atoms with van der Waals surface area (Å²) in [4.78, 5) is 20.8. The number of aromatic carboxylic acids is 1. The predicted octanol–water partition coefficient (Wildman–Crippen LogP) is 0.573. The van der Waals surface area contributed by atoms with Crippen LogP contribution in [0.5, 0.6) is 0 Å². The molecule has 9 heteroatoms. The molecule has 0 aromatic heterocycles. The number of carboxylic acids is 1. The van der Waals surface area contributed by atoms with Crippen LogP contribution in [0.1, 0.15) is 17.3 Å². The largest absolute Gasteiger partial charge is 0.478 e. The lowest BCUT2D eigenvalue weighted by molar-refractivity contribution is -0.118. The smallest absolute Gasteiger partial charge is 0.335 e. The Hall–Kier alpha value is -2.03. The number of hydrogen-bond donors (Lipinski definition) is 2. The van der Waals surface area contributed by atoms with Crippen molar-refractivity contribution in [3.05, 3.63) is 29.3 Å². The van der Waals surface area contributed by atoms with E-state index in [-0.39, 0.29) is 6.54 Å². The Labute approximate surface area is 113 Å². The van der Waals surface area contributed by atoms with E-state index in [1.54, 1.807) is 6.92 Å². The molecule has 1 aromatic rings. The van der Waals surface area contributed by atoms with Crippen LogP contribution in [0.15, 0.2) is 17.0 Å². The Morgan fingerprint density at radius 2 is 1.90 bits per heavy atom. The van der Waals surface area contributed by atoms with E-state index in [1.807, 2.05) is 0 Å². The molecule has 0 spiro atoms. The second kappa shape index (κ2) is 5.95. The summed E-state index contributed by atoms with van der Waals surface area (Å²) in [6, 6.07) is 0.845. The fraction of sp³-hybridized carbons (Fsp3) is 0.273. The maximum atomic E-state index is 13.5. The molecule has 0 fully saturated rings. The van der Waals surface area contributed by atoms with Crippen LogP contribution >= 0.6 is 0 Å². The normalized spacial score (nSPS) is 11.2. The molecule has 0 heterocycles. The third-order valence-corrected chi connectivity index (χ3v) is 3.88. The maximum absolute atomic E-state index is 13.5. The number of hydrogen-bond acceptors (Lipinski definition) is 4. The summed E-state index contributed by atoms with van der Waals surface area (Å²) < 4.78 is 50.3. The third kappa shape index (κ3) is 3.50. The van der Waals surface area contributed by atoms with Crippen LogP contribution in [0.3, 0.4) is 0 Å². The number of halogens is 2. The average Bonchev–Trinajstić information content (AvgIpc) is 2.31. The van der Waals surface area contributed by atoms with Gasteiger partial charge in [-0.25, -0.2) is 22.0 Å². The zero-order chi connectivity index (χ0) is 15.5. The van der Waals surface area contributed by atoms with Crippen molar-refractivity contribution in [2.75, 3.05) is 12.3 Å². The number of carbonyl (C=O) groups excluding carboxylic acids is 1. The topological polar surface area (TPSA) is 101 Å². The Balaban J connectivity index is 3.30. The van der Waals surface area contributed by atoms with Crippen LogP contribution in [0, 0.1) is 11.6 Å². The minimum absolute atomic E-state index is 0.167. The summed E-state index contributed by atoms with van der Waals surface area (Å²) in [7, 11) is -4.48. The second-order valence-corrected chi connectivity index (χ2v) is 5.75. The summed E-state index contributed by atoms with van der Waals surface area (Å²) in [5.74, 6) is -6.93. The zero-order valence-corrected chi connectivity index (χ0v) is 11.1. The van der Waals surface area contributed by atoms with E-state index in [9.17, 15) is 26.8 Å². The number of nitrogens with one attached hydrogen (secondary N) is 1. The molecule has 1 amide bonds. The highest BCUT2D eigenvalue weighted by Crippen LogP contribution is 2.21. The van der Waals surface area contributed by atoms with Gasteiger partial charge in [0.15, 0.2) is 21.5 Å². The minimum atomic E-state index is -4.48. The van der Waals surface area contributed by atoms with E-state index in [4.69, 9.17) is 5.11 Å². The van der Waals surface area contributed by atoms with Crippen LogP contribution in [-0.2, 0) is 14.6 Å². The SMILES string of the molecule is CCNC(=O)CS(=O)(=O)c1cc(C(=O)O)cc(F)c1F. The van der Waals surface area contributed by atoms with Gasteiger partial charge in [0, 0.05) is 6.54 Å². The predicted molar refractivity (Wildman–Crippen MR) is 64.1 cm³/mol. The van der Waals surface area contributed by atoms with Gasteiger partial charge in [-0.15, -0.1) is 0 Å². The number of sulfone groups is 1. The Bertz CT molecular complexity index is 657. The molecular formula is C11H11F2NO5S. The molecule has 0 aliphatic heterocycles. The molecule has 0 aliphatic carbocycles.